The monoisotopic (exact) mass is 398 g/mol. The predicted molar refractivity (Wildman–Crippen MR) is 120 cm³/mol. The highest BCUT2D eigenvalue weighted by Crippen LogP contribution is 2.49. The number of benzene rings is 2. The molecule has 0 saturated heterocycles. The van der Waals surface area contributed by atoms with Gasteiger partial charge in [0.25, 0.3) is 5.91 Å². The van der Waals surface area contributed by atoms with Crippen LogP contribution in [0, 0.1) is 6.92 Å². The van der Waals surface area contributed by atoms with Crippen molar-refractivity contribution in [1.82, 2.24) is 10.3 Å². The minimum atomic E-state index is -0.330. The number of amides is 1. The first-order valence-electron chi connectivity index (χ1n) is 10.7. The van der Waals surface area contributed by atoms with E-state index < -0.39 is 0 Å². The lowest BCUT2D eigenvalue weighted by atomic mass is 9.93. The van der Waals surface area contributed by atoms with E-state index in [0.29, 0.717) is 11.3 Å². The van der Waals surface area contributed by atoms with E-state index in [1.54, 1.807) is 7.11 Å². The van der Waals surface area contributed by atoms with Crippen molar-refractivity contribution in [2.45, 2.75) is 44.6 Å². The van der Waals surface area contributed by atoms with Crippen molar-refractivity contribution < 1.29 is 9.53 Å². The maximum absolute atomic E-state index is 13.2. The molecular formula is C26H26N2O2. The Morgan fingerprint density at radius 1 is 1.17 bits per heavy atom. The van der Waals surface area contributed by atoms with Crippen molar-refractivity contribution in [1.29, 1.82) is 0 Å². The summed E-state index contributed by atoms with van der Waals surface area (Å²) in [6.07, 6.45) is 9.52. The maximum atomic E-state index is 13.2. The molecule has 2 aliphatic rings. The van der Waals surface area contributed by atoms with Gasteiger partial charge in [-0.1, -0.05) is 18.2 Å². The Labute approximate surface area is 177 Å². The number of ether oxygens (including phenoxy) is 1. The number of aromatic nitrogens is 1. The standard InChI is InChI=1S/C26H26N2O2/c1-17-9-10-20(30-2)16-22(17)25(29)28-26(11-12-26)23-14-19(18-6-3-4-7-18)15-24-21(23)8-5-13-27-24/h5-6,8-10,13-16H,3-4,7,11-12H2,1-2H3,(H,28,29). The molecular weight excluding hydrogens is 372 g/mol. The van der Waals surface area contributed by atoms with Crippen molar-refractivity contribution in [3.63, 3.8) is 0 Å². The summed E-state index contributed by atoms with van der Waals surface area (Å²) in [5.74, 6) is 0.645. The van der Waals surface area contributed by atoms with Crippen LogP contribution in [0.25, 0.3) is 16.5 Å². The number of fused-ring (bicyclic) bond motifs is 1. The van der Waals surface area contributed by atoms with Crippen LogP contribution in [0.1, 0.15) is 59.2 Å². The van der Waals surface area contributed by atoms with E-state index in [4.69, 9.17) is 4.74 Å². The third-order valence-electron chi connectivity index (χ3n) is 6.44. The van der Waals surface area contributed by atoms with Crippen LogP contribution in [0.3, 0.4) is 0 Å². The van der Waals surface area contributed by atoms with Gasteiger partial charge in [-0.25, -0.2) is 0 Å². The number of methoxy groups -OCH3 is 1. The molecule has 0 unspecified atom stereocenters. The van der Waals surface area contributed by atoms with E-state index in [-0.39, 0.29) is 11.4 Å². The topological polar surface area (TPSA) is 51.2 Å². The third kappa shape index (κ3) is 3.26. The highest BCUT2D eigenvalue weighted by atomic mass is 16.5. The summed E-state index contributed by atoms with van der Waals surface area (Å²) < 4.78 is 5.33. The van der Waals surface area contributed by atoms with Crippen molar-refractivity contribution in [3.05, 3.63) is 77.0 Å². The van der Waals surface area contributed by atoms with Crippen LogP contribution in [0.2, 0.25) is 0 Å². The second-order valence-electron chi connectivity index (χ2n) is 8.43. The van der Waals surface area contributed by atoms with E-state index in [9.17, 15) is 4.79 Å². The number of hydrogen-bond acceptors (Lipinski definition) is 3. The Morgan fingerprint density at radius 3 is 2.77 bits per heavy atom. The number of carbonyl (C=O) groups excluding carboxylic acids is 1. The van der Waals surface area contributed by atoms with Gasteiger partial charge in [-0.2, -0.15) is 0 Å². The van der Waals surface area contributed by atoms with Crippen LogP contribution in [-0.2, 0) is 5.54 Å². The number of nitrogens with one attached hydrogen (secondary N) is 1. The van der Waals surface area contributed by atoms with Crippen LogP contribution in [0.15, 0.2) is 54.7 Å². The lowest BCUT2D eigenvalue weighted by Crippen LogP contribution is -2.35. The van der Waals surface area contributed by atoms with Gasteiger partial charge in [0.2, 0.25) is 0 Å². The Kier molecular flexibility index (Phi) is 4.58. The lowest BCUT2D eigenvalue weighted by Gasteiger charge is -2.22. The average molecular weight is 399 g/mol. The molecule has 1 amide bonds. The number of carbonyl (C=O) groups is 1. The van der Waals surface area contributed by atoms with Crippen LogP contribution in [0.5, 0.6) is 5.75 Å². The Morgan fingerprint density at radius 2 is 2.03 bits per heavy atom. The molecule has 2 aromatic carbocycles. The van der Waals surface area contributed by atoms with Gasteiger partial charge in [-0.3, -0.25) is 9.78 Å². The summed E-state index contributed by atoms with van der Waals surface area (Å²) >= 11 is 0. The summed E-state index contributed by atoms with van der Waals surface area (Å²) in [5.41, 5.74) is 6.10. The zero-order chi connectivity index (χ0) is 20.7. The second-order valence-corrected chi connectivity index (χ2v) is 8.43. The van der Waals surface area contributed by atoms with Gasteiger partial charge in [0.15, 0.2) is 0 Å². The minimum absolute atomic E-state index is 0.0496. The molecule has 1 N–H and O–H groups in total. The zero-order valence-electron chi connectivity index (χ0n) is 17.5. The van der Waals surface area contributed by atoms with Crippen LogP contribution >= 0.6 is 0 Å². The molecule has 30 heavy (non-hydrogen) atoms. The summed E-state index contributed by atoms with van der Waals surface area (Å²) in [6.45, 7) is 1.96. The Balaban J connectivity index is 1.55. The normalized spacial score (nSPS) is 16.9. The quantitative estimate of drug-likeness (QED) is 0.614. The van der Waals surface area contributed by atoms with Gasteiger partial charge >= 0.3 is 0 Å². The highest BCUT2D eigenvalue weighted by molar-refractivity contribution is 5.97. The fourth-order valence-corrected chi connectivity index (χ4v) is 4.54. The first-order valence-corrected chi connectivity index (χ1v) is 10.7. The molecule has 4 heteroatoms. The van der Waals surface area contributed by atoms with Crippen molar-refractivity contribution in [3.8, 4) is 5.75 Å². The number of hydrogen-bond donors (Lipinski definition) is 1. The third-order valence-corrected chi connectivity index (χ3v) is 6.44. The predicted octanol–water partition coefficient (Wildman–Crippen LogP) is 5.54. The first-order chi connectivity index (χ1) is 14.6. The number of pyridine rings is 1. The second kappa shape index (κ2) is 7.28. The Hall–Kier alpha value is -3.14. The molecule has 0 bridgehead atoms. The van der Waals surface area contributed by atoms with Crippen molar-refractivity contribution in [2.24, 2.45) is 0 Å². The Bertz CT molecular complexity index is 1170. The molecule has 0 spiro atoms. The highest BCUT2D eigenvalue weighted by Gasteiger charge is 2.47. The minimum Gasteiger partial charge on any atom is -0.497 e. The molecule has 1 aromatic heterocycles. The molecule has 152 valence electrons. The van der Waals surface area contributed by atoms with Gasteiger partial charge in [-0.15, -0.1) is 0 Å². The molecule has 0 atom stereocenters. The fraction of sp³-hybridized carbons (Fsp3) is 0.308. The van der Waals surface area contributed by atoms with Gasteiger partial charge in [0.05, 0.1) is 18.2 Å². The van der Waals surface area contributed by atoms with Crippen LogP contribution in [0.4, 0.5) is 0 Å². The van der Waals surface area contributed by atoms with E-state index in [1.807, 2.05) is 37.4 Å². The molecule has 2 aliphatic carbocycles. The molecule has 4 nitrogen and oxygen atoms in total. The van der Waals surface area contributed by atoms with Gasteiger partial charge in [0, 0.05) is 17.1 Å². The number of allylic oxidation sites excluding steroid dienone is 2. The lowest BCUT2D eigenvalue weighted by molar-refractivity contribution is 0.0930. The summed E-state index contributed by atoms with van der Waals surface area (Å²) in [7, 11) is 1.62. The summed E-state index contributed by atoms with van der Waals surface area (Å²) in [5, 5.41) is 4.49. The maximum Gasteiger partial charge on any atom is 0.252 e. The van der Waals surface area contributed by atoms with Gasteiger partial charge in [0.1, 0.15) is 5.75 Å². The average Bonchev–Trinajstić information content (AvgIpc) is 3.33. The van der Waals surface area contributed by atoms with Gasteiger partial charge < -0.3 is 10.1 Å². The largest absolute Gasteiger partial charge is 0.497 e. The SMILES string of the molecule is COc1ccc(C)c(C(=O)NC2(c3cc(C4=CCCC4)cc4ncccc34)CC2)c1. The van der Waals surface area contributed by atoms with Crippen LogP contribution in [-0.4, -0.2) is 18.0 Å². The molecule has 1 fully saturated rings. The number of rotatable bonds is 5. The smallest absolute Gasteiger partial charge is 0.252 e. The van der Waals surface area contributed by atoms with Gasteiger partial charge in [-0.05, 0) is 91.6 Å². The van der Waals surface area contributed by atoms with Crippen LogP contribution < -0.4 is 10.1 Å². The van der Waals surface area contributed by atoms with E-state index in [2.05, 4.69) is 34.6 Å². The van der Waals surface area contributed by atoms with E-state index in [0.717, 1.165) is 42.1 Å². The number of nitrogens with zero attached hydrogens (tertiary/aromatic N) is 1. The zero-order valence-corrected chi connectivity index (χ0v) is 17.5. The van der Waals surface area contributed by atoms with E-state index >= 15 is 0 Å². The summed E-state index contributed by atoms with van der Waals surface area (Å²) in [4.78, 5) is 17.9. The first kappa shape index (κ1) is 18.9. The molecule has 5 rings (SSSR count). The summed E-state index contributed by atoms with van der Waals surface area (Å²) in [6, 6.07) is 14.2. The molecule has 1 heterocycles. The molecule has 1 saturated carbocycles. The number of aryl methyl sites for hydroxylation is 1. The molecule has 3 aromatic rings. The van der Waals surface area contributed by atoms with Crippen molar-refractivity contribution in [2.75, 3.05) is 7.11 Å². The molecule has 0 aliphatic heterocycles. The molecule has 0 radical (unpaired) electrons. The van der Waals surface area contributed by atoms with E-state index in [1.165, 1.54) is 23.1 Å². The van der Waals surface area contributed by atoms with Crippen molar-refractivity contribution >= 4 is 22.4 Å². The fourth-order valence-electron chi connectivity index (χ4n) is 4.54.